The predicted molar refractivity (Wildman–Crippen MR) is 98.1 cm³/mol. The van der Waals surface area contributed by atoms with Gasteiger partial charge in [0.05, 0.1) is 0 Å². The first kappa shape index (κ1) is 18.2. The third-order valence-corrected chi connectivity index (χ3v) is 6.68. The Hall–Kier alpha value is -0.635. The molecule has 134 valence electrons. The van der Waals surface area contributed by atoms with Crippen molar-refractivity contribution < 1.29 is 9.39 Å². The zero-order valence-corrected chi connectivity index (χ0v) is 15.3. The van der Waals surface area contributed by atoms with Crippen molar-refractivity contribution in [3.63, 3.8) is 0 Å². The van der Waals surface area contributed by atoms with E-state index in [1.165, 1.54) is 56.9 Å². The minimum absolute atomic E-state index is 0.315. The number of hydrogen-bond donors (Lipinski definition) is 1. The molecule has 2 saturated carbocycles. The number of rotatable bonds is 6. The van der Waals surface area contributed by atoms with Crippen molar-refractivity contribution in [3.05, 3.63) is 11.6 Å². The average molecular weight is 331 g/mol. The standard InChI is InChI=1S/C20H34BNO2/c1-2-3-15-4-13-20(23-14-15)18-7-5-16(6-8-18)17-9-11-19(12-10-17)24-21-22/h4,16-20,22H,2-3,5-14H2,1H3. The Balaban J connectivity index is 1.39. The van der Waals surface area contributed by atoms with Gasteiger partial charge in [-0.1, -0.05) is 13.3 Å². The van der Waals surface area contributed by atoms with E-state index in [1.807, 2.05) is 0 Å². The average Bonchev–Trinajstić information content (AvgIpc) is 2.64. The van der Waals surface area contributed by atoms with Crippen LogP contribution in [0.4, 0.5) is 0 Å². The fraction of sp³-hybridized carbons (Fsp3) is 0.900. The van der Waals surface area contributed by atoms with Crippen LogP contribution in [0.25, 0.3) is 0 Å². The predicted octanol–water partition coefficient (Wildman–Crippen LogP) is 5.27. The number of ether oxygens (including phenoxy) is 1. The summed E-state index contributed by atoms with van der Waals surface area (Å²) in [5, 5.41) is 7.08. The molecule has 3 aliphatic rings. The van der Waals surface area contributed by atoms with Crippen molar-refractivity contribution in [2.75, 3.05) is 6.61 Å². The van der Waals surface area contributed by atoms with Crippen molar-refractivity contribution in [3.8, 4) is 0 Å². The van der Waals surface area contributed by atoms with Crippen molar-refractivity contribution in [1.29, 1.82) is 5.31 Å². The van der Waals surface area contributed by atoms with Gasteiger partial charge in [-0.2, -0.15) is 0 Å². The Bertz CT molecular complexity index is 423. The molecule has 0 radical (unpaired) electrons. The van der Waals surface area contributed by atoms with Crippen LogP contribution in [-0.4, -0.2) is 26.1 Å². The summed E-state index contributed by atoms with van der Waals surface area (Å²) in [4.78, 5) is 0. The van der Waals surface area contributed by atoms with E-state index >= 15 is 0 Å². The van der Waals surface area contributed by atoms with Crippen LogP contribution in [0.5, 0.6) is 0 Å². The van der Waals surface area contributed by atoms with Crippen LogP contribution in [0.15, 0.2) is 11.6 Å². The van der Waals surface area contributed by atoms with E-state index < -0.39 is 0 Å². The second-order valence-electron chi connectivity index (χ2n) is 8.16. The molecule has 24 heavy (non-hydrogen) atoms. The Morgan fingerprint density at radius 1 is 1.04 bits per heavy atom. The van der Waals surface area contributed by atoms with Gasteiger partial charge in [-0.25, -0.2) is 0 Å². The van der Waals surface area contributed by atoms with Gasteiger partial charge < -0.3 is 0 Å². The van der Waals surface area contributed by atoms with Crippen molar-refractivity contribution in [2.24, 2.45) is 17.8 Å². The van der Waals surface area contributed by atoms with E-state index in [9.17, 15) is 0 Å². The SMILES string of the molecule is CCCC1=CCC(C2CCC(C3CCC(OB=N)CC3)CC2)OC1. The molecule has 1 atom stereocenters. The van der Waals surface area contributed by atoms with Crippen LogP contribution >= 0.6 is 0 Å². The van der Waals surface area contributed by atoms with Crippen LogP contribution in [0.3, 0.4) is 0 Å². The van der Waals surface area contributed by atoms with Crippen LogP contribution in [0.2, 0.25) is 0 Å². The Morgan fingerprint density at radius 2 is 1.67 bits per heavy atom. The molecule has 1 heterocycles. The first-order valence-electron chi connectivity index (χ1n) is 10.2. The molecule has 0 spiro atoms. The molecular weight excluding hydrogens is 297 g/mol. The third-order valence-electron chi connectivity index (χ3n) is 6.68. The van der Waals surface area contributed by atoms with Crippen LogP contribution in [0, 0.1) is 23.1 Å². The second-order valence-corrected chi connectivity index (χ2v) is 8.16. The van der Waals surface area contributed by atoms with Crippen molar-refractivity contribution in [2.45, 2.75) is 89.8 Å². The quantitative estimate of drug-likeness (QED) is 0.532. The van der Waals surface area contributed by atoms with Gasteiger partial charge in [0.25, 0.3) is 0 Å². The van der Waals surface area contributed by atoms with Gasteiger partial charge in [0, 0.05) is 0 Å². The normalized spacial score (nSPS) is 37.4. The summed E-state index contributed by atoms with van der Waals surface area (Å²) in [7, 11) is 1.13. The molecule has 0 aromatic rings. The Kier molecular flexibility index (Phi) is 6.94. The summed E-state index contributed by atoms with van der Waals surface area (Å²) >= 11 is 0. The first-order valence-corrected chi connectivity index (χ1v) is 10.2. The van der Waals surface area contributed by atoms with E-state index in [2.05, 4.69) is 13.0 Å². The molecule has 0 amide bonds. The molecule has 3 rings (SSSR count). The molecule has 0 bridgehead atoms. The molecular formula is C20H34BNO2. The third kappa shape index (κ3) is 4.71. The van der Waals surface area contributed by atoms with Crippen molar-refractivity contribution >= 4 is 7.27 Å². The first-order chi connectivity index (χ1) is 11.8. The van der Waals surface area contributed by atoms with Gasteiger partial charge in [0.15, 0.2) is 0 Å². The maximum absolute atomic E-state index is 7.08. The molecule has 4 heteroatoms. The van der Waals surface area contributed by atoms with Crippen molar-refractivity contribution in [1.82, 2.24) is 0 Å². The molecule has 0 saturated heterocycles. The summed E-state index contributed by atoms with van der Waals surface area (Å²) in [6, 6.07) is 0. The zero-order valence-electron chi connectivity index (χ0n) is 15.3. The molecule has 1 unspecified atom stereocenters. The van der Waals surface area contributed by atoms with E-state index in [1.54, 1.807) is 0 Å². The second kappa shape index (κ2) is 9.17. The topological polar surface area (TPSA) is 42.3 Å². The monoisotopic (exact) mass is 331 g/mol. The van der Waals surface area contributed by atoms with E-state index in [0.717, 1.165) is 50.9 Å². The maximum atomic E-state index is 7.08. The fourth-order valence-electron chi connectivity index (χ4n) is 5.23. The van der Waals surface area contributed by atoms with E-state index in [-0.39, 0.29) is 0 Å². The summed E-state index contributed by atoms with van der Waals surface area (Å²) in [5.41, 5.74) is 1.52. The molecule has 1 aliphatic heterocycles. The van der Waals surface area contributed by atoms with Crippen LogP contribution < -0.4 is 0 Å². The fourth-order valence-corrected chi connectivity index (χ4v) is 5.23. The Labute approximate surface area is 148 Å². The molecule has 1 N–H and O–H groups in total. The minimum atomic E-state index is 0.315. The number of hydrogen-bond acceptors (Lipinski definition) is 3. The Morgan fingerprint density at radius 3 is 2.21 bits per heavy atom. The summed E-state index contributed by atoms with van der Waals surface area (Å²) in [6.07, 6.45) is 17.3. The van der Waals surface area contributed by atoms with Gasteiger partial charge in [-0.15, -0.1) is 0 Å². The van der Waals surface area contributed by atoms with Crippen LogP contribution in [-0.2, 0) is 9.39 Å². The molecule has 0 aromatic heterocycles. The number of nitrogens with one attached hydrogen (secondary N) is 1. The van der Waals surface area contributed by atoms with Gasteiger partial charge in [-0.05, 0) is 12.0 Å². The summed E-state index contributed by atoms with van der Waals surface area (Å²) in [5.74, 6) is 2.62. The van der Waals surface area contributed by atoms with Crippen LogP contribution in [0.1, 0.15) is 77.6 Å². The summed E-state index contributed by atoms with van der Waals surface area (Å²) in [6.45, 7) is 3.13. The van der Waals surface area contributed by atoms with E-state index in [0.29, 0.717) is 12.2 Å². The molecule has 2 fully saturated rings. The van der Waals surface area contributed by atoms with Gasteiger partial charge in [-0.3, -0.25) is 0 Å². The van der Waals surface area contributed by atoms with E-state index in [4.69, 9.17) is 14.7 Å². The zero-order chi connectivity index (χ0) is 16.8. The van der Waals surface area contributed by atoms with Gasteiger partial charge in [0.2, 0.25) is 0 Å². The molecule has 3 nitrogen and oxygen atoms in total. The van der Waals surface area contributed by atoms with Gasteiger partial charge in [0.1, 0.15) is 0 Å². The molecule has 2 aliphatic carbocycles. The van der Waals surface area contributed by atoms with Gasteiger partial charge >= 0.3 is 122 Å². The molecule has 0 aromatic carbocycles. The summed E-state index contributed by atoms with van der Waals surface area (Å²) < 4.78 is 11.6.